The number of hydrogen-bond acceptors (Lipinski definition) is 5. The first-order valence-electron chi connectivity index (χ1n) is 6.97. The normalized spacial score (nSPS) is 14.4. The molecule has 0 saturated carbocycles. The summed E-state index contributed by atoms with van der Waals surface area (Å²) in [5.41, 5.74) is 12.1. The smallest absolute Gasteiger partial charge is 0.212 e. The van der Waals surface area contributed by atoms with Gasteiger partial charge in [0.1, 0.15) is 0 Å². The van der Waals surface area contributed by atoms with Crippen LogP contribution in [0.5, 0.6) is 0 Å². The van der Waals surface area contributed by atoms with Gasteiger partial charge in [-0.1, -0.05) is 41.9 Å². The van der Waals surface area contributed by atoms with Crippen LogP contribution in [0.1, 0.15) is 11.1 Å². The fraction of sp³-hybridized carbons (Fsp3) is 0.125. The van der Waals surface area contributed by atoms with E-state index in [1.165, 1.54) is 0 Å². The maximum absolute atomic E-state index is 6.11. The van der Waals surface area contributed by atoms with Crippen molar-refractivity contribution in [3.8, 4) is 0 Å². The molecule has 1 aliphatic rings. The van der Waals surface area contributed by atoms with Gasteiger partial charge in [-0.05, 0) is 18.2 Å². The third-order valence-electron chi connectivity index (χ3n) is 3.27. The highest BCUT2D eigenvalue weighted by atomic mass is 35.5. The number of benzene rings is 2. The van der Waals surface area contributed by atoms with Crippen molar-refractivity contribution >= 4 is 29.0 Å². The lowest BCUT2D eigenvalue weighted by Gasteiger charge is -2.11. The molecule has 0 fully saturated rings. The molecule has 2 aromatic carbocycles. The first-order chi connectivity index (χ1) is 10.7. The summed E-state index contributed by atoms with van der Waals surface area (Å²) in [6.45, 7) is 1.57. The Balaban J connectivity index is 2.02. The molecule has 6 heteroatoms. The second-order valence-corrected chi connectivity index (χ2v) is 5.26. The summed E-state index contributed by atoms with van der Waals surface area (Å²) in [7, 11) is 0. The van der Waals surface area contributed by atoms with Crippen LogP contribution >= 0.6 is 11.6 Å². The monoisotopic (exact) mass is 313 g/mol. The molecular formula is C16H16ClN5. The average molecular weight is 314 g/mol. The molecule has 5 nitrogen and oxygen atoms in total. The summed E-state index contributed by atoms with van der Waals surface area (Å²) in [5, 5.41) is 8.21. The Labute approximate surface area is 133 Å². The van der Waals surface area contributed by atoms with Crippen molar-refractivity contribution in [3.63, 3.8) is 0 Å². The Morgan fingerprint density at radius 2 is 2.05 bits per heavy atom. The van der Waals surface area contributed by atoms with Gasteiger partial charge in [0.15, 0.2) is 0 Å². The molecule has 1 aliphatic heterocycles. The highest BCUT2D eigenvalue weighted by Gasteiger charge is 2.12. The molecule has 2 aromatic rings. The van der Waals surface area contributed by atoms with E-state index in [1.807, 2.05) is 36.4 Å². The number of hydrogen-bond donors (Lipinski definition) is 3. The van der Waals surface area contributed by atoms with Crippen LogP contribution in [0.4, 0.5) is 5.69 Å². The lowest BCUT2D eigenvalue weighted by Crippen LogP contribution is -2.31. The zero-order valence-electron chi connectivity index (χ0n) is 11.9. The van der Waals surface area contributed by atoms with Crippen molar-refractivity contribution < 1.29 is 0 Å². The van der Waals surface area contributed by atoms with Crippen LogP contribution in [0.2, 0.25) is 5.02 Å². The summed E-state index contributed by atoms with van der Waals surface area (Å²) < 4.78 is 0. The highest BCUT2D eigenvalue weighted by Crippen LogP contribution is 2.21. The summed E-state index contributed by atoms with van der Waals surface area (Å²) in [6, 6.07) is 15.2. The number of nitrogens with two attached hydrogens (primary N) is 1. The Bertz CT molecular complexity index is 725. The Morgan fingerprint density at radius 1 is 1.23 bits per heavy atom. The molecule has 0 unspecified atom stereocenters. The van der Waals surface area contributed by atoms with Crippen molar-refractivity contribution in [2.45, 2.75) is 0 Å². The van der Waals surface area contributed by atoms with E-state index in [2.05, 4.69) is 20.8 Å². The molecule has 22 heavy (non-hydrogen) atoms. The molecule has 0 radical (unpaired) electrons. The molecular weight excluding hydrogens is 298 g/mol. The molecule has 0 aromatic heterocycles. The maximum atomic E-state index is 6.11. The number of rotatable bonds is 3. The van der Waals surface area contributed by atoms with E-state index in [4.69, 9.17) is 17.3 Å². The van der Waals surface area contributed by atoms with Crippen molar-refractivity contribution in [1.29, 1.82) is 0 Å². The molecule has 4 N–H and O–H groups in total. The van der Waals surface area contributed by atoms with Crippen LogP contribution < -0.4 is 16.5 Å². The number of halogens is 1. The van der Waals surface area contributed by atoms with Crippen LogP contribution in [0.3, 0.4) is 0 Å². The average Bonchev–Trinajstić information content (AvgIpc) is 3.05. The van der Waals surface area contributed by atoms with Gasteiger partial charge in [-0.15, -0.1) is 0 Å². The fourth-order valence-electron chi connectivity index (χ4n) is 2.19. The SMILES string of the molecule is Nc1ccc(Cl)cc1/C(=N/NC1=NCCN1)c1ccccc1. The van der Waals surface area contributed by atoms with Gasteiger partial charge in [0, 0.05) is 28.4 Å². The number of guanidine groups is 1. The molecule has 0 saturated heterocycles. The molecule has 0 aliphatic carbocycles. The summed E-state index contributed by atoms with van der Waals surface area (Å²) in [6.07, 6.45) is 0. The van der Waals surface area contributed by atoms with Gasteiger partial charge in [-0.2, -0.15) is 5.10 Å². The molecule has 0 spiro atoms. The van der Waals surface area contributed by atoms with E-state index in [0.29, 0.717) is 16.7 Å². The Hall–Kier alpha value is -2.53. The summed E-state index contributed by atoms with van der Waals surface area (Å²) in [4.78, 5) is 4.27. The lowest BCUT2D eigenvalue weighted by atomic mass is 10.0. The number of hydrazone groups is 1. The first kappa shape index (κ1) is 14.4. The van der Waals surface area contributed by atoms with Crippen LogP contribution in [0.15, 0.2) is 58.6 Å². The van der Waals surface area contributed by atoms with Crippen molar-refractivity contribution in [2.24, 2.45) is 10.1 Å². The van der Waals surface area contributed by atoms with Crippen LogP contribution in [-0.4, -0.2) is 24.8 Å². The second kappa shape index (κ2) is 6.49. The Morgan fingerprint density at radius 3 is 2.77 bits per heavy atom. The number of aliphatic imine (C=N–C) groups is 1. The van der Waals surface area contributed by atoms with Gasteiger partial charge in [0.2, 0.25) is 5.96 Å². The van der Waals surface area contributed by atoms with Crippen molar-refractivity contribution in [1.82, 2.24) is 10.7 Å². The topological polar surface area (TPSA) is 74.8 Å². The third-order valence-corrected chi connectivity index (χ3v) is 3.50. The van der Waals surface area contributed by atoms with E-state index in [0.717, 1.165) is 29.9 Å². The standard InChI is InChI=1S/C16H16ClN5/c17-12-6-7-14(18)13(10-12)15(11-4-2-1-3-5-11)21-22-16-19-8-9-20-16/h1-7,10H,8-9,18H2,(H2,19,20,22)/b21-15+. The minimum atomic E-state index is 0.615. The zero-order chi connectivity index (χ0) is 15.4. The van der Waals surface area contributed by atoms with Gasteiger partial charge in [-0.25, -0.2) is 10.4 Å². The zero-order valence-corrected chi connectivity index (χ0v) is 12.6. The van der Waals surface area contributed by atoms with Gasteiger partial charge < -0.3 is 11.1 Å². The molecule has 0 atom stereocenters. The van der Waals surface area contributed by atoms with Crippen molar-refractivity contribution in [3.05, 3.63) is 64.7 Å². The predicted molar refractivity (Wildman–Crippen MR) is 91.4 cm³/mol. The van der Waals surface area contributed by atoms with Gasteiger partial charge >= 0.3 is 0 Å². The number of nitrogen functional groups attached to an aromatic ring is 1. The summed E-state index contributed by atoms with van der Waals surface area (Å²) in [5.74, 6) is 0.661. The number of anilines is 1. The minimum absolute atomic E-state index is 0.615. The molecule has 3 rings (SSSR count). The third kappa shape index (κ3) is 3.20. The van der Waals surface area contributed by atoms with Gasteiger partial charge in [0.25, 0.3) is 0 Å². The summed E-state index contributed by atoms with van der Waals surface area (Å²) >= 11 is 6.11. The van der Waals surface area contributed by atoms with E-state index < -0.39 is 0 Å². The van der Waals surface area contributed by atoms with Crippen molar-refractivity contribution in [2.75, 3.05) is 18.8 Å². The van der Waals surface area contributed by atoms with Gasteiger partial charge in [-0.3, -0.25) is 0 Å². The second-order valence-electron chi connectivity index (χ2n) is 4.83. The van der Waals surface area contributed by atoms with E-state index >= 15 is 0 Å². The van der Waals surface area contributed by atoms with Crippen LogP contribution in [0, 0.1) is 0 Å². The largest absolute Gasteiger partial charge is 0.398 e. The number of nitrogens with zero attached hydrogens (tertiary/aromatic N) is 2. The highest BCUT2D eigenvalue weighted by molar-refractivity contribution is 6.31. The quantitative estimate of drug-likeness (QED) is 0.462. The fourth-order valence-corrected chi connectivity index (χ4v) is 2.36. The van der Waals surface area contributed by atoms with Gasteiger partial charge in [0.05, 0.1) is 12.3 Å². The maximum Gasteiger partial charge on any atom is 0.212 e. The molecule has 1 heterocycles. The van der Waals surface area contributed by atoms with E-state index in [1.54, 1.807) is 12.1 Å². The van der Waals surface area contributed by atoms with Crippen LogP contribution in [0.25, 0.3) is 0 Å². The predicted octanol–water partition coefficient (Wildman–Crippen LogP) is 2.22. The van der Waals surface area contributed by atoms with Crippen LogP contribution in [-0.2, 0) is 0 Å². The first-order valence-corrected chi connectivity index (χ1v) is 7.34. The minimum Gasteiger partial charge on any atom is -0.398 e. The lowest BCUT2D eigenvalue weighted by molar-refractivity contribution is 0.917. The molecule has 0 bridgehead atoms. The van der Waals surface area contributed by atoms with E-state index in [9.17, 15) is 0 Å². The Kier molecular flexibility index (Phi) is 4.25. The molecule has 0 amide bonds. The number of nitrogens with one attached hydrogen (secondary N) is 2. The molecule has 112 valence electrons. The van der Waals surface area contributed by atoms with E-state index in [-0.39, 0.29) is 0 Å².